The minimum absolute atomic E-state index is 0.0116. The molecule has 1 saturated heterocycles. The number of ether oxygens (including phenoxy) is 1. The lowest BCUT2D eigenvalue weighted by molar-refractivity contribution is -0.134. The summed E-state index contributed by atoms with van der Waals surface area (Å²) >= 11 is 5.12. The summed E-state index contributed by atoms with van der Waals surface area (Å²) in [4.78, 5) is 19.3. The van der Waals surface area contributed by atoms with Crippen LogP contribution in [0.5, 0.6) is 5.75 Å². The Balaban J connectivity index is 1.49. The molecule has 0 radical (unpaired) electrons. The molecule has 1 aliphatic rings. The van der Waals surface area contributed by atoms with E-state index in [1.54, 1.807) is 11.3 Å². The van der Waals surface area contributed by atoms with Crippen LogP contribution in [-0.4, -0.2) is 28.9 Å². The lowest BCUT2D eigenvalue weighted by Crippen LogP contribution is -2.34. The average Bonchev–Trinajstić information content (AvgIpc) is 3.27. The quantitative estimate of drug-likeness (QED) is 0.613. The summed E-state index contributed by atoms with van der Waals surface area (Å²) in [5.74, 6) is 0.698. The van der Waals surface area contributed by atoms with Crippen molar-refractivity contribution in [1.82, 2.24) is 9.88 Å². The highest BCUT2D eigenvalue weighted by atomic mass is 79.9. The lowest BCUT2D eigenvalue weighted by Gasteiger charge is -2.23. The molecule has 1 fully saturated rings. The number of benzene rings is 2. The van der Waals surface area contributed by atoms with E-state index in [0.717, 1.165) is 34.4 Å². The Morgan fingerprint density at radius 3 is 2.88 bits per heavy atom. The smallest absolute Gasteiger partial charge is 0.261 e. The van der Waals surface area contributed by atoms with Crippen molar-refractivity contribution in [2.75, 3.05) is 13.2 Å². The van der Waals surface area contributed by atoms with Gasteiger partial charge in [0.05, 0.1) is 20.7 Å². The predicted octanol–water partition coefficient (Wildman–Crippen LogP) is 4.80. The van der Waals surface area contributed by atoms with Crippen LogP contribution in [0.25, 0.3) is 10.2 Å². The molecule has 2 heterocycles. The molecule has 0 spiro atoms. The van der Waals surface area contributed by atoms with Crippen molar-refractivity contribution in [2.45, 2.75) is 18.9 Å². The molecule has 4 nitrogen and oxygen atoms in total. The average molecular weight is 417 g/mol. The van der Waals surface area contributed by atoms with Crippen LogP contribution in [0.15, 0.2) is 53.0 Å². The summed E-state index contributed by atoms with van der Waals surface area (Å²) in [7, 11) is 0. The van der Waals surface area contributed by atoms with Crippen molar-refractivity contribution in [2.24, 2.45) is 0 Å². The summed E-state index contributed by atoms with van der Waals surface area (Å²) < 4.78 is 7.72. The van der Waals surface area contributed by atoms with Gasteiger partial charge >= 0.3 is 0 Å². The van der Waals surface area contributed by atoms with Gasteiger partial charge in [0, 0.05) is 6.54 Å². The number of aromatic nitrogens is 1. The highest BCUT2D eigenvalue weighted by Crippen LogP contribution is 2.36. The number of halogens is 1. The molecule has 0 saturated carbocycles. The van der Waals surface area contributed by atoms with Gasteiger partial charge in [-0.3, -0.25) is 4.79 Å². The van der Waals surface area contributed by atoms with Gasteiger partial charge in [-0.1, -0.05) is 24.3 Å². The van der Waals surface area contributed by atoms with Crippen LogP contribution in [0.2, 0.25) is 0 Å². The van der Waals surface area contributed by atoms with E-state index in [0.29, 0.717) is 5.75 Å². The number of rotatable bonds is 4. The van der Waals surface area contributed by atoms with E-state index in [4.69, 9.17) is 9.72 Å². The molecule has 0 N–H and O–H groups in total. The SMILES string of the molecule is O=C(COc1ccccc1Br)N1CCCC1c1nc2ccccc2s1. The van der Waals surface area contributed by atoms with Crippen molar-refractivity contribution in [3.8, 4) is 5.75 Å². The Labute approximate surface area is 158 Å². The molecule has 4 rings (SSSR count). The molecule has 2 aromatic carbocycles. The Kier molecular flexibility index (Phi) is 4.72. The first-order chi connectivity index (χ1) is 12.2. The van der Waals surface area contributed by atoms with Crippen LogP contribution in [-0.2, 0) is 4.79 Å². The van der Waals surface area contributed by atoms with Crippen LogP contribution < -0.4 is 4.74 Å². The third-order valence-corrected chi connectivity index (χ3v) is 6.15. The Hall–Kier alpha value is -1.92. The van der Waals surface area contributed by atoms with E-state index in [9.17, 15) is 4.79 Å². The molecule has 1 aliphatic heterocycles. The van der Waals surface area contributed by atoms with Crippen molar-refractivity contribution in [1.29, 1.82) is 0 Å². The second-order valence-corrected chi connectivity index (χ2v) is 7.90. The summed E-state index contributed by atoms with van der Waals surface area (Å²) in [5.41, 5.74) is 1.01. The number of likely N-dealkylation sites (tertiary alicyclic amines) is 1. The standard InChI is InChI=1S/C19H17BrN2O2S/c20-13-6-1-3-9-16(13)24-12-18(23)22-11-5-8-15(22)19-21-14-7-2-4-10-17(14)25-19/h1-4,6-7,9-10,15H,5,8,11-12H2. The number of nitrogens with zero attached hydrogens (tertiary/aromatic N) is 2. The fourth-order valence-electron chi connectivity index (χ4n) is 3.14. The van der Waals surface area contributed by atoms with Gasteiger partial charge in [-0.25, -0.2) is 4.98 Å². The van der Waals surface area contributed by atoms with E-state index < -0.39 is 0 Å². The van der Waals surface area contributed by atoms with Gasteiger partial charge in [-0.15, -0.1) is 11.3 Å². The Morgan fingerprint density at radius 1 is 1.24 bits per heavy atom. The first kappa shape index (κ1) is 16.5. The molecular weight excluding hydrogens is 400 g/mol. The van der Waals surface area contributed by atoms with Crippen molar-refractivity contribution in [3.63, 3.8) is 0 Å². The maximum atomic E-state index is 12.7. The molecule has 128 valence electrons. The summed E-state index contributed by atoms with van der Waals surface area (Å²) in [6.07, 6.45) is 1.96. The lowest BCUT2D eigenvalue weighted by atomic mass is 10.2. The number of carbonyl (C=O) groups is 1. The third kappa shape index (κ3) is 3.41. The number of thiazole rings is 1. The van der Waals surface area contributed by atoms with Crippen LogP contribution in [0.1, 0.15) is 23.9 Å². The fourth-order valence-corrected chi connectivity index (χ4v) is 4.65. The summed E-state index contributed by atoms with van der Waals surface area (Å²) in [6.45, 7) is 0.808. The van der Waals surface area contributed by atoms with Gasteiger partial charge < -0.3 is 9.64 Å². The largest absolute Gasteiger partial charge is 0.483 e. The molecule has 25 heavy (non-hydrogen) atoms. The van der Waals surface area contributed by atoms with E-state index in [1.165, 1.54) is 4.70 Å². The van der Waals surface area contributed by atoms with E-state index in [1.807, 2.05) is 47.4 Å². The molecule has 3 aromatic rings. The zero-order valence-electron chi connectivity index (χ0n) is 13.5. The first-order valence-corrected chi connectivity index (χ1v) is 9.85. The van der Waals surface area contributed by atoms with E-state index >= 15 is 0 Å². The molecule has 1 amide bonds. The van der Waals surface area contributed by atoms with Gasteiger partial charge in [-0.2, -0.15) is 0 Å². The molecule has 0 bridgehead atoms. The van der Waals surface area contributed by atoms with Gasteiger partial charge in [0.2, 0.25) is 0 Å². The molecule has 0 aliphatic carbocycles. The highest BCUT2D eigenvalue weighted by Gasteiger charge is 2.32. The molecule has 1 aromatic heterocycles. The molecular formula is C19H17BrN2O2S. The van der Waals surface area contributed by atoms with Gasteiger partial charge in [0.25, 0.3) is 5.91 Å². The molecule has 6 heteroatoms. The summed E-state index contributed by atoms with van der Waals surface area (Å²) in [6, 6.07) is 15.7. The Bertz CT molecular complexity index is 878. The van der Waals surface area contributed by atoms with Crippen LogP contribution in [0.4, 0.5) is 0 Å². The highest BCUT2D eigenvalue weighted by molar-refractivity contribution is 9.10. The van der Waals surface area contributed by atoms with Crippen molar-refractivity contribution in [3.05, 3.63) is 58.0 Å². The van der Waals surface area contributed by atoms with E-state index in [2.05, 4.69) is 22.0 Å². The zero-order chi connectivity index (χ0) is 17.2. The topological polar surface area (TPSA) is 42.4 Å². The number of carbonyl (C=O) groups excluding carboxylic acids is 1. The number of para-hydroxylation sites is 2. The summed E-state index contributed by atoms with van der Waals surface area (Å²) in [5, 5.41) is 1.02. The Morgan fingerprint density at radius 2 is 2.04 bits per heavy atom. The maximum absolute atomic E-state index is 12.7. The fraction of sp³-hybridized carbons (Fsp3) is 0.263. The first-order valence-electron chi connectivity index (χ1n) is 8.24. The molecule has 1 unspecified atom stereocenters. The number of hydrogen-bond donors (Lipinski definition) is 0. The van der Waals surface area contributed by atoms with Crippen LogP contribution in [0, 0.1) is 0 Å². The zero-order valence-corrected chi connectivity index (χ0v) is 15.9. The number of fused-ring (bicyclic) bond motifs is 1. The van der Waals surface area contributed by atoms with Crippen molar-refractivity contribution < 1.29 is 9.53 Å². The van der Waals surface area contributed by atoms with Gasteiger partial charge in [-0.05, 0) is 53.0 Å². The minimum Gasteiger partial charge on any atom is -0.483 e. The third-order valence-electron chi connectivity index (χ3n) is 4.36. The van der Waals surface area contributed by atoms with Crippen LogP contribution in [0.3, 0.4) is 0 Å². The monoisotopic (exact) mass is 416 g/mol. The van der Waals surface area contributed by atoms with Gasteiger partial charge in [0.1, 0.15) is 10.8 Å². The normalized spacial score (nSPS) is 17.2. The van der Waals surface area contributed by atoms with Gasteiger partial charge in [0.15, 0.2) is 6.61 Å². The minimum atomic E-state index is 0.0116. The second-order valence-electron chi connectivity index (χ2n) is 5.98. The molecule has 1 atom stereocenters. The number of hydrogen-bond acceptors (Lipinski definition) is 4. The maximum Gasteiger partial charge on any atom is 0.261 e. The van der Waals surface area contributed by atoms with Crippen molar-refractivity contribution >= 4 is 43.4 Å². The van der Waals surface area contributed by atoms with Crippen LogP contribution >= 0.6 is 27.3 Å². The van der Waals surface area contributed by atoms with E-state index in [-0.39, 0.29) is 18.6 Å². The predicted molar refractivity (Wildman–Crippen MR) is 103 cm³/mol. The second kappa shape index (κ2) is 7.14. The number of amides is 1.